The van der Waals surface area contributed by atoms with Gasteiger partial charge in [0.1, 0.15) is 0 Å². The zero-order valence-electron chi connectivity index (χ0n) is 9.88. The fourth-order valence-corrected chi connectivity index (χ4v) is 2.01. The van der Waals surface area contributed by atoms with Crippen LogP contribution < -0.4 is 11.1 Å². The quantitative estimate of drug-likeness (QED) is 0.810. The molecule has 0 bridgehead atoms. The molecule has 0 spiro atoms. The van der Waals surface area contributed by atoms with Crippen molar-refractivity contribution in [3.05, 3.63) is 27.7 Å². The van der Waals surface area contributed by atoms with Crippen molar-refractivity contribution >= 4 is 33.2 Å². The minimum Gasteiger partial charge on any atom is -0.383 e. The van der Waals surface area contributed by atoms with Gasteiger partial charge in [-0.15, -0.1) is 0 Å². The fraction of sp³-hybridized carbons (Fsp3) is 0.500. The third-order valence-corrected chi connectivity index (χ3v) is 3.65. The Hall–Kier alpha value is -0.290. The summed E-state index contributed by atoms with van der Waals surface area (Å²) in [5, 5.41) is 4.10. The lowest BCUT2D eigenvalue weighted by molar-refractivity contribution is 0.182. The zero-order valence-corrected chi connectivity index (χ0v) is 12.2. The predicted octanol–water partition coefficient (Wildman–Crippen LogP) is 3.27. The van der Waals surface area contributed by atoms with E-state index in [2.05, 4.69) is 21.2 Å². The van der Waals surface area contributed by atoms with Gasteiger partial charge in [0.25, 0.3) is 0 Å². The highest BCUT2D eigenvalue weighted by molar-refractivity contribution is 9.10. The van der Waals surface area contributed by atoms with Gasteiger partial charge in [-0.3, -0.25) is 0 Å². The number of methoxy groups -OCH3 is 1. The second-order valence-corrected chi connectivity index (χ2v) is 5.12. The number of benzene rings is 1. The van der Waals surface area contributed by atoms with E-state index in [1.807, 2.05) is 18.2 Å². The molecule has 0 aromatic heterocycles. The van der Waals surface area contributed by atoms with Crippen molar-refractivity contribution in [1.29, 1.82) is 0 Å². The summed E-state index contributed by atoms with van der Waals surface area (Å²) in [5.74, 6) is 0. The van der Waals surface area contributed by atoms with Gasteiger partial charge >= 0.3 is 0 Å². The van der Waals surface area contributed by atoms with Crippen LogP contribution in [0, 0.1) is 0 Å². The average molecular weight is 322 g/mol. The molecule has 1 atom stereocenters. The first-order valence-corrected chi connectivity index (χ1v) is 6.75. The summed E-state index contributed by atoms with van der Waals surface area (Å²) >= 11 is 9.41. The minimum absolute atomic E-state index is 0.265. The van der Waals surface area contributed by atoms with Gasteiger partial charge in [0.15, 0.2) is 0 Å². The summed E-state index contributed by atoms with van der Waals surface area (Å²) < 4.78 is 6.08. The monoisotopic (exact) mass is 320 g/mol. The largest absolute Gasteiger partial charge is 0.383 e. The summed E-state index contributed by atoms with van der Waals surface area (Å²) in [5.41, 5.74) is 6.51. The van der Waals surface area contributed by atoms with Gasteiger partial charge in [0, 0.05) is 23.3 Å². The molecular formula is C12H18BrClN2O. The van der Waals surface area contributed by atoms with Gasteiger partial charge in [-0.25, -0.2) is 0 Å². The molecule has 3 N–H and O–H groups in total. The summed E-state index contributed by atoms with van der Waals surface area (Å²) in [6.07, 6.45) is 1.96. The average Bonchev–Trinajstić information content (AvgIpc) is 2.31. The van der Waals surface area contributed by atoms with E-state index in [1.54, 1.807) is 7.11 Å². The first kappa shape index (κ1) is 14.8. The van der Waals surface area contributed by atoms with Crippen molar-refractivity contribution in [2.24, 2.45) is 5.73 Å². The molecule has 3 nitrogen and oxygen atoms in total. The molecule has 1 aromatic carbocycles. The second kappa shape index (κ2) is 7.93. The Balaban J connectivity index is 2.61. The number of nitrogens with two attached hydrogens (primary N) is 1. The molecule has 1 aromatic rings. The van der Waals surface area contributed by atoms with E-state index in [0.717, 1.165) is 23.0 Å². The summed E-state index contributed by atoms with van der Waals surface area (Å²) in [7, 11) is 1.70. The molecule has 0 amide bonds. The van der Waals surface area contributed by atoms with E-state index in [4.69, 9.17) is 22.1 Å². The normalized spacial score (nSPS) is 12.5. The topological polar surface area (TPSA) is 47.3 Å². The Kier molecular flexibility index (Phi) is 6.89. The van der Waals surface area contributed by atoms with Crippen molar-refractivity contribution in [2.45, 2.75) is 18.9 Å². The molecule has 1 rings (SSSR count). The van der Waals surface area contributed by atoms with Crippen molar-refractivity contribution in [1.82, 2.24) is 0 Å². The van der Waals surface area contributed by atoms with Crippen LogP contribution in [-0.2, 0) is 4.74 Å². The van der Waals surface area contributed by atoms with Crippen LogP contribution in [0.3, 0.4) is 0 Å². The lowest BCUT2D eigenvalue weighted by atomic mass is 10.1. The van der Waals surface area contributed by atoms with Crippen LogP contribution in [0.2, 0.25) is 5.02 Å². The number of rotatable bonds is 7. The van der Waals surface area contributed by atoms with Crippen LogP contribution >= 0.6 is 27.5 Å². The van der Waals surface area contributed by atoms with E-state index in [9.17, 15) is 0 Å². The first-order valence-electron chi connectivity index (χ1n) is 5.58. The van der Waals surface area contributed by atoms with E-state index in [-0.39, 0.29) is 6.04 Å². The maximum absolute atomic E-state index is 6.04. The zero-order chi connectivity index (χ0) is 12.7. The van der Waals surface area contributed by atoms with Crippen LogP contribution in [0.15, 0.2) is 22.7 Å². The maximum Gasteiger partial charge on any atom is 0.0664 e. The van der Waals surface area contributed by atoms with Crippen LogP contribution in [0.1, 0.15) is 12.8 Å². The molecule has 0 saturated heterocycles. The van der Waals surface area contributed by atoms with Gasteiger partial charge < -0.3 is 15.8 Å². The molecule has 0 aliphatic carbocycles. The Morgan fingerprint density at radius 1 is 1.53 bits per heavy atom. The lowest BCUT2D eigenvalue weighted by Gasteiger charge is -2.19. The first-order chi connectivity index (χ1) is 8.17. The smallest absolute Gasteiger partial charge is 0.0664 e. The van der Waals surface area contributed by atoms with Crippen molar-refractivity contribution in [3.63, 3.8) is 0 Å². The van der Waals surface area contributed by atoms with Crippen molar-refractivity contribution < 1.29 is 4.74 Å². The molecule has 0 saturated carbocycles. The molecule has 0 aliphatic heterocycles. The van der Waals surface area contributed by atoms with Crippen LogP contribution in [0.25, 0.3) is 0 Å². The molecule has 96 valence electrons. The molecule has 0 heterocycles. The van der Waals surface area contributed by atoms with Crippen molar-refractivity contribution in [3.8, 4) is 0 Å². The third-order valence-electron chi connectivity index (χ3n) is 2.41. The van der Waals surface area contributed by atoms with E-state index in [1.165, 1.54) is 0 Å². The molecule has 0 aliphatic rings. The van der Waals surface area contributed by atoms with Gasteiger partial charge in [0.05, 0.1) is 11.6 Å². The highest BCUT2D eigenvalue weighted by atomic mass is 79.9. The predicted molar refractivity (Wildman–Crippen MR) is 76.7 cm³/mol. The third kappa shape index (κ3) is 5.25. The van der Waals surface area contributed by atoms with Gasteiger partial charge in [-0.2, -0.15) is 0 Å². The van der Waals surface area contributed by atoms with E-state index in [0.29, 0.717) is 18.2 Å². The minimum atomic E-state index is 0.265. The van der Waals surface area contributed by atoms with Gasteiger partial charge in [0.2, 0.25) is 0 Å². The highest BCUT2D eigenvalue weighted by Crippen LogP contribution is 2.26. The number of halogens is 2. The summed E-state index contributed by atoms with van der Waals surface area (Å²) in [4.78, 5) is 0. The van der Waals surface area contributed by atoms with Crippen LogP contribution in [-0.4, -0.2) is 26.3 Å². The highest BCUT2D eigenvalue weighted by Gasteiger charge is 2.08. The van der Waals surface area contributed by atoms with E-state index < -0.39 is 0 Å². The van der Waals surface area contributed by atoms with Crippen LogP contribution in [0.4, 0.5) is 5.69 Å². The lowest BCUT2D eigenvalue weighted by Crippen LogP contribution is -2.25. The molecule has 5 heteroatoms. The number of ether oxygens (including phenoxy) is 1. The van der Waals surface area contributed by atoms with Gasteiger partial charge in [-0.05, 0) is 53.5 Å². The molecule has 0 fully saturated rings. The maximum atomic E-state index is 6.04. The number of nitrogens with one attached hydrogen (secondary N) is 1. The number of anilines is 1. The summed E-state index contributed by atoms with van der Waals surface area (Å²) in [6.45, 7) is 1.36. The Morgan fingerprint density at radius 3 is 2.88 bits per heavy atom. The Bertz CT molecular complexity index is 349. The molecule has 0 radical (unpaired) electrons. The van der Waals surface area contributed by atoms with Gasteiger partial charge in [-0.1, -0.05) is 11.6 Å². The summed E-state index contributed by atoms with van der Waals surface area (Å²) in [6, 6.07) is 6.08. The van der Waals surface area contributed by atoms with Crippen LogP contribution in [0.5, 0.6) is 0 Å². The van der Waals surface area contributed by atoms with Crippen molar-refractivity contribution in [2.75, 3.05) is 25.6 Å². The molecule has 17 heavy (non-hydrogen) atoms. The molecular weight excluding hydrogens is 304 g/mol. The fourth-order valence-electron chi connectivity index (χ4n) is 1.58. The second-order valence-electron chi connectivity index (χ2n) is 3.86. The van der Waals surface area contributed by atoms with E-state index >= 15 is 0 Å². The molecule has 1 unspecified atom stereocenters. The number of hydrogen-bond acceptors (Lipinski definition) is 3. The Labute approximate surface area is 116 Å². The standard InChI is InChI=1S/C12H18BrClN2O/c1-17-8-10(3-2-6-15)16-9-4-5-11(13)12(14)7-9/h4-5,7,10,16H,2-3,6,8,15H2,1H3. The Morgan fingerprint density at radius 2 is 2.29 bits per heavy atom. The SMILES string of the molecule is COCC(CCCN)Nc1ccc(Br)c(Cl)c1. The number of hydrogen-bond donors (Lipinski definition) is 2.